The Morgan fingerprint density at radius 3 is 2.76 bits per heavy atom. The molecule has 1 heterocycles. The van der Waals surface area contributed by atoms with Crippen molar-refractivity contribution in [3.63, 3.8) is 0 Å². The van der Waals surface area contributed by atoms with E-state index in [1.807, 2.05) is 6.20 Å². The van der Waals surface area contributed by atoms with E-state index in [1.54, 1.807) is 0 Å². The molecule has 1 aromatic rings. The number of nitrogens with zero attached hydrogens (tertiary/aromatic N) is 1. The predicted octanol–water partition coefficient (Wildman–Crippen LogP) is 4.47. The van der Waals surface area contributed by atoms with Crippen LogP contribution in [0, 0.1) is 18.8 Å². The number of hydrogen-bond donors (Lipinski definition) is 1. The van der Waals surface area contributed by atoms with Crippen molar-refractivity contribution in [2.75, 3.05) is 6.54 Å². The number of pyridine rings is 1. The van der Waals surface area contributed by atoms with Crippen LogP contribution < -0.4 is 5.32 Å². The minimum atomic E-state index is 0.184. The van der Waals surface area contributed by atoms with Crippen molar-refractivity contribution in [2.24, 2.45) is 11.8 Å². The predicted molar refractivity (Wildman–Crippen MR) is 90.6 cm³/mol. The summed E-state index contributed by atoms with van der Waals surface area (Å²) in [5.74, 6) is 1.55. The maximum absolute atomic E-state index is 4.39. The van der Waals surface area contributed by atoms with Gasteiger partial charge < -0.3 is 5.32 Å². The zero-order valence-electron chi connectivity index (χ0n) is 14.4. The van der Waals surface area contributed by atoms with E-state index >= 15 is 0 Å². The molecule has 21 heavy (non-hydrogen) atoms. The summed E-state index contributed by atoms with van der Waals surface area (Å²) >= 11 is 0. The lowest BCUT2D eigenvalue weighted by atomic mass is 9.63. The van der Waals surface area contributed by atoms with Crippen LogP contribution in [0.25, 0.3) is 0 Å². The molecule has 1 saturated carbocycles. The van der Waals surface area contributed by atoms with Crippen LogP contribution >= 0.6 is 0 Å². The summed E-state index contributed by atoms with van der Waals surface area (Å²) in [5.41, 5.74) is 2.99. The first kappa shape index (κ1) is 16.5. The van der Waals surface area contributed by atoms with Crippen LogP contribution in [0.4, 0.5) is 0 Å². The van der Waals surface area contributed by atoms with Crippen LogP contribution in [-0.4, -0.2) is 17.6 Å². The molecule has 2 rings (SSSR count). The van der Waals surface area contributed by atoms with Crippen molar-refractivity contribution in [3.8, 4) is 0 Å². The molecule has 0 saturated heterocycles. The SMILES string of the molecule is CCCNC1CC(C)CCC1C(C)(C)c1cnccc1C. The molecule has 0 spiro atoms. The third kappa shape index (κ3) is 3.66. The molecule has 1 fully saturated rings. The second-order valence-corrected chi connectivity index (χ2v) is 7.50. The van der Waals surface area contributed by atoms with Gasteiger partial charge in [0, 0.05) is 18.4 Å². The van der Waals surface area contributed by atoms with Gasteiger partial charge in [-0.15, -0.1) is 0 Å². The van der Waals surface area contributed by atoms with E-state index in [4.69, 9.17) is 0 Å². The van der Waals surface area contributed by atoms with Crippen LogP contribution in [0.2, 0.25) is 0 Å². The summed E-state index contributed by atoms with van der Waals surface area (Å²) < 4.78 is 0. The maximum atomic E-state index is 4.39. The molecule has 0 radical (unpaired) electrons. The lowest BCUT2D eigenvalue weighted by Crippen LogP contribution is -2.48. The summed E-state index contributed by atoms with van der Waals surface area (Å²) in [4.78, 5) is 4.39. The molecule has 0 aromatic carbocycles. The third-order valence-corrected chi connectivity index (χ3v) is 5.43. The van der Waals surface area contributed by atoms with Crippen molar-refractivity contribution in [3.05, 3.63) is 29.6 Å². The average Bonchev–Trinajstić information content (AvgIpc) is 2.45. The molecule has 1 aromatic heterocycles. The van der Waals surface area contributed by atoms with Gasteiger partial charge in [0.25, 0.3) is 0 Å². The van der Waals surface area contributed by atoms with Gasteiger partial charge in [-0.3, -0.25) is 4.98 Å². The van der Waals surface area contributed by atoms with Gasteiger partial charge in [0.2, 0.25) is 0 Å². The first-order chi connectivity index (χ1) is 9.96. The number of nitrogens with one attached hydrogen (secondary N) is 1. The highest BCUT2D eigenvalue weighted by Crippen LogP contribution is 2.43. The summed E-state index contributed by atoms with van der Waals surface area (Å²) in [6.07, 6.45) is 9.20. The summed E-state index contributed by atoms with van der Waals surface area (Å²) in [6.45, 7) is 12.8. The minimum Gasteiger partial charge on any atom is -0.314 e. The Hall–Kier alpha value is -0.890. The van der Waals surface area contributed by atoms with Gasteiger partial charge in [-0.1, -0.05) is 34.1 Å². The molecule has 1 aliphatic carbocycles. The number of rotatable bonds is 5. The van der Waals surface area contributed by atoms with E-state index in [9.17, 15) is 0 Å². The molecule has 0 amide bonds. The smallest absolute Gasteiger partial charge is 0.0308 e. The van der Waals surface area contributed by atoms with Gasteiger partial charge in [-0.05, 0) is 67.2 Å². The lowest BCUT2D eigenvalue weighted by molar-refractivity contribution is 0.145. The van der Waals surface area contributed by atoms with E-state index in [2.05, 4.69) is 57.2 Å². The zero-order valence-corrected chi connectivity index (χ0v) is 14.4. The molecule has 118 valence electrons. The second-order valence-electron chi connectivity index (χ2n) is 7.50. The molecule has 1 aliphatic rings. The highest BCUT2D eigenvalue weighted by atomic mass is 14.9. The topological polar surface area (TPSA) is 24.9 Å². The molecule has 2 heteroatoms. The maximum Gasteiger partial charge on any atom is 0.0308 e. The monoisotopic (exact) mass is 288 g/mol. The fraction of sp³-hybridized carbons (Fsp3) is 0.737. The number of hydrogen-bond acceptors (Lipinski definition) is 2. The minimum absolute atomic E-state index is 0.184. The van der Waals surface area contributed by atoms with E-state index in [-0.39, 0.29) is 5.41 Å². The fourth-order valence-electron chi connectivity index (χ4n) is 4.14. The Balaban J connectivity index is 2.25. The van der Waals surface area contributed by atoms with Gasteiger partial charge in [0.05, 0.1) is 0 Å². The highest BCUT2D eigenvalue weighted by molar-refractivity contribution is 5.30. The second kappa shape index (κ2) is 6.91. The Kier molecular flexibility index (Phi) is 5.43. The Bertz CT molecular complexity index is 453. The summed E-state index contributed by atoms with van der Waals surface area (Å²) in [5, 5.41) is 3.83. The van der Waals surface area contributed by atoms with Crippen molar-refractivity contribution in [1.29, 1.82) is 0 Å². The Morgan fingerprint density at radius 2 is 2.10 bits per heavy atom. The molecule has 0 aliphatic heterocycles. The molecular weight excluding hydrogens is 256 g/mol. The van der Waals surface area contributed by atoms with Gasteiger partial charge >= 0.3 is 0 Å². The Morgan fingerprint density at radius 1 is 1.33 bits per heavy atom. The van der Waals surface area contributed by atoms with Crippen LogP contribution in [0.1, 0.15) is 64.5 Å². The van der Waals surface area contributed by atoms with Gasteiger partial charge in [-0.25, -0.2) is 0 Å². The average molecular weight is 288 g/mol. The van der Waals surface area contributed by atoms with Crippen molar-refractivity contribution < 1.29 is 0 Å². The van der Waals surface area contributed by atoms with E-state index < -0.39 is 0 Å². The van der Waals surface area contributed by atoms with E-state index in [0.717, 1.165) is 12.5 Å². The molecule has 2 nitrogen and oxygen atoms in total. The normalized spacial score (nSPS) is 26.8. The first-order valence-corrected chi connectivity index (χ1v) is 8.61. The zero-order chi connectivity index (χ0) is 15.5. The molecular formula is C19H32N2. The van der Waals surface area contributed by atoms with Crippen LogP contribution in [0.5, 0.6) is 0 Å². The summed E-state index contributed by atoms with van der Waals surface area (Å²) in [7, 11) is 0. The number of aryl methyl sites for hydroxylation is 1. The quantitative estimate of drug-likeness (QED) is 0.864. The first-order valence-electron chi connectivity index (χ1n) is 8.61. The van der Waals surface area contributed by atoms with Crippen LogP contribution in [0.3, 0.4) is 0 Å². The standard InChI is InChI=1S/C19H32N2/c1-6-10-21-18-12-14(2)7-8-16(18)19(4,5)17-13-20-11-9-15(17)3/h9,11,13-14,16,18,21H,6-8,10,12H2,1-5H3. The van der Waals surface area contributed by atoms with Crippen molar-refractivity contribution >= 4 is 0 Å². The molecule has 3 atom stereocenters. The molecule has 0 bridgehead atoms. The Labute approximate surface area is 130 Å². The largest absolute Gasteiger partial charge is 0.314 e. The molecule has 3 unspecified atom stereocenters. The highest BCUT2D eigenvalue weighted by Gasteiger charge is 2.40. The fourth-order valence-corrected chi connectivity index (χ4v) is 4.14. The van der Waals surface area contributed by atoms with Gasteiger partial charge in [-0.2, -0.15) is 0 Å². The van der Waals surface area contributed by atoms with Gasteiger partial charge in [0.1, 0.15) is 0 Å². The number of aromatic nitrogens is 1. The van der Waals surface area contributed by atoms with Crippen LogP contribution in [-0.2, 0) is 5.41 Å². The van der Waals surface area contributed by atoms with E-state index in [1.165, 1.54) is 36.8 Å². The molecule has 1 N–H and O–H groups in total. The summed E-state index contributed by atoms with van der Waals surface area (Å²) in [6, 6.07) is 2.79. The van der Waals surface area contributed by atoms with Crippen molar-refractivity contribution in [2.45, 2.75) is 71.8 Å². The van der Waals surface area contributed by atoms with Gasteiger partial charge in [0.15, 0.2) is 0 Å². The third-order valence-electron chi connectivity index (χ3n) is 5.43. The van der Waals surface area contributed by atoms with Crippen molar-refractivity contribution in [1.82, 2.24) is 10.3 Å². The van der Waals surface area contributed by atoms with E-state index in [0.29, 0.717) is 12.0 Å². The lowest BCUT2D eigenvalue weighted by Gasteiger charge is -2.45. The van der Waals surface area contributed by atoms with Crippen LogP contribution in [0.15, 0.2) is 18.5 Å².